The number of halogens is 1. The molecular formula is C15H23ClN2O2. The summed E-state index contributed by atoms with van der Waals surface area (Å²) in [5.74, 6) is 0.712. The molecule has 0 fully saturated rings. The highest BCUT2D eigenvalue weighted by atomic mass is 35.5. The van der Waals surface area contributed by atoms with E-state index < -0.39 is 0 Å². The Labute approximate surface area is 126 Å². The van der Waals surface area contributed by atoms with Gasteiger partial charge in [-0.2, -0.15) is 0 Å². The molecule has 4 nitrogen and oxygen atoms in total. The molecule has 0 aliphatic carbocycles. The van der Waals surface area contributed by atoms with Crippen molar-refractivity contribution in [1.29, 1.82) is 0 Å². The smallest absolute Gasteiger partial charge is 0.244 e. The Balaban J connectivity index is 2.92. The molecule has 1 atom stereocenters. The molecule has 1 rings (SSSR count). The van der Waals surface area contributed by atoms with E-state index in [2.05, 4.69) is 5.32 Å². The molecule has 1 aromatic carbocycles. The van der Waals surface area contributed by atoms with Gasteiger partial charge in [0, 0.05) is 24.2 Å². The third-order valence-electron chi connectivity index (χ3n) is 3.30. The van der Waals surface area contributed by atoms with Crippen LogP contribution in [-0.2, 0) is 4.79 Å². The van der Waals surface area contributed by atoms with Crippen LogP contribution in [0.2, 0.25) is 5.02 Å². The van der Waals surface area contributed by atoms with Crippen molar-refractivity contribution in [3.63, 3.8) is 0 Å². The molecule has 1 amide bonds. The van der Waals surface area contributed by atoms with E-state index >= 15 is 0 Å². The van der Waals surface area contributed by atoms with Gasteiger partial charge in [-0.15, -0.1) is 0 Å². The van der Waals surface area contributed by atoms with E-state index in [0.29, 0.717) is 23.9 Å². The largest absolute Gasteiger partial charge is 0.495 e. The van der Waals surface area contributed by atoms with Gasteiger partial charge in [-0.3, -0.25) is 4.79 Å². The average molecular weight is 299 g/mol. The van der Waals surface area contributed by atoms with Crippen molar-refractivity contribution in [2.45, 2.75) is 33.7 Å². The van der Waals surface area contributed by atoms with Gasteiger partial charge in [0.1, 0.15) is 11.8 Å². The summed E-state index contributed by atoms with van der Waals surface area (Å²) in [6, 6.07) is 3.34. The van der Waals surface area contributed by atoms with E-state index in [4.69, 9.17) is 16.3 Å². The van der Waals surface area contributed by atoms with Gasteiger partial charge >= 0.3 is 0 Å². The zero-order chi connectivity index (χ0) is 15.3. The van der Waals surface area contributed by atoms with Crippen LogP contribution in [-0.4, -0.2) is 37.0 Å². The highest BCUT2D eigenvalue weighted by Crippen LogP contribution is 2.31. The zero-order valence-electron chi connectivity index (χ0n) is 12.8. The third-order valence-corrected chi connectivity index (χ3v) is 3.71. The molecule has 0 spiro atoms. The summed E-state index contributed by atoms with van der Waals surface area (Å²) >= 11 is 6.08. The van der Waals surface area contributed by atoms with Crippen molar-refractivity contribution < 1.29 is 9.53 Å². The van der Waals surface area contributed by atoms with Crippen LogP contribution in [0, 0.1) is 6.92 Å². The number of amides is 1. The Bertz CT molecular complexity index is 473. The molecule has 1 unspecified atom stereocenters. The van der Waals surface area contributed by atoms with E-state index in [0.717, 1.165) is 11.3 Å². The Morgan fingerprint density at radius 2 is 2.00 bits per heavy atom. The van der Waals surface area contributed by atoms with Crippen LogP contribution in [0.3, 0.4) is 0 Å². The third kappa shape index (κ3) is 3.79. The molecule has 0 bridgehead atoms. The standard InChI is InChI=1S/C15H23ClN2O2/c1-6-18(7-2)15(19)11(4)17-13-8-10(3)12(16)9-14(13)20-5/h8-9,11,17H,6-7H2,1-5H3. The maximum atomic E-state index is 12.3. The molecule has 0 saturated heterocycles. The van der Waals surface area contributed by atoms with Gasteiger partial charge in [-0.05, 0) is 39.3 Å². The quantitative estimate of drug-likeness (QED) is 0.876. The van der Waals surface area contributed by atoms with E-state index in [1.54, 1.807) is 18.1 Å². The van der Waals surface area contributed by atoms with Crippen LogP contribution < -0.4 is 10.1 Å². The molecule has 0 heterocycles. The number of anilines is 1. The fourth-order valence-electron chi connectivity index (χ4n) is 2.05. The number of nitrogens with zero attached hydrogens (tertiary/aromatic N) is 1. The van der Waals surface area contributed by atoms with Crippen LogP contribution in [0.1, 0.15) is 26.3 Å². The lowest BCUT2D eigenvalue weighted by atomic mass is 10.1. The summed E-state index contributed by atoms with van der Waals surface area (Å²) < 4.78 is 5.30. The van der Waals surface area contributed by atoms with Crippen LogP contribution >= 0.6 is 11.6 Å². The molecular weight excluding hydrogens is 276 g/mol. The lowest BCUT2D eigenvalue weighted by molar-refractivity contribution is -0.131. The molecule has 1 aromatic rings. The molecule has 0 radical (unpaired) electrons. The number of carbonyl (C=O) groups is 1. The first-order valence-corrected chi connectivity index (χ1v) is 7.21. The lowest BCUT2D eigenvalue weighted by Gasteiger charge is -2.25. The van der Waals surface area contributed by atoms with E-state index in [1.165, 1.54) is 0 Å². The molecule has 0 aliphatic rings. The monoisotopic (exact) mass is 298 g/mol. The molecule has 5 heteroatoms. The average Bonchev–Trinajstić information content (AvgIpc) is 2.43. The Hall–Kier alpha value is -1.42. The summed E-state index contributed by atoms with van der Waals surface area (Å²) in [6.07, 6.45) is 0. The molecule has 1 N–H and O–H groups in total. The van der Waals surface area contributed by atoms with Crippen LogP contribution in [0.15, 0.2) is 12.1 Å². The number of ether oxygens (including phenoxy) is 1. The molecule has 0 aromatic heterocycles. The lowest BCUT2D eigenvalue weighted by Crippen LogP contribution is -2.41. The SMILES string of the molecule is CCN(CC)C(=O)C(C)Nc1cc(C)c(Cl)cc1OC. The summed E-state index contributed by atoms with van der Waals surface area (Å²) in [5, 5.41) is 3.85. The van der Waals surface area contributed by atoms with Crippen molar-refractivity contribution in [3.05, 3.63) is 22.7 Å². The summed E-state index contributed by atoms with van der Waals surface area (Å²) in [7, 11) is 1.59. The fourth-order valence-corrected chi connectivity index (χ4v) is 2.20. The van der Waals surface area contributed by atoms with Crippen LogP contribution in [0.4, 0.5) is 5.69 Å². The van der Waals surface area contributed by atoms with Gasteiger partial charge in [-0.25, -0.2) is 0 Å². The minimum Gasteiger partial charge on any atom is -0.495 e. The molecule has 20 heavy (non-hydrogen) atoms. The van der Waals surface area contributed by atoms with Crippen LogP contribution in [0.25, 0.3) is 0 Å². The Kier molecular flexibility index (Phi) is 6.14. The van der Waals surface area contributed by atoms with Gasteiger partial charge in [0.05, 0.1) is 12.8 Å². The number of carbonyl (C=O) groups excluding carboxylic acids is 1. The minimum absolute atomic E-state index is 0.0738. The normalized spacial score (nSPS) is 11.9. The minimum atomic E-state index is -0.315. The molecule has 0 saturated carbocycles. The van der Waals surface area contributed by atoms with Crippen molar-refractivity contribution in [1.82, 2.24) is 4.90 Å². The van der Waals surface area contributed by atoms with E-state index in [9.17, 15) is 4.79 Å². The first kappa shape index (κ1) is 16.6. The predicted molar refractivity (Wildman–Crippen MR) is 83.8 cm³/mol. The summed E-state index contributed by atoms with van der Waals surface area (Å²) in [5.41, 5.74) is 1.72. The predicted octanol–water partition coefficient (Wildman–Crippen LogP) is 3.33. The van der Waals surface area contributed by atoms with Gasteiger partial charge in [0.25, 0.3) is 0 Å². The fraction of sp³-hybridized carbons (Fsp3) is 0.533. The van der Waals surface area contributed by atoms with Crippen molar-refractivity contribution in [2.24, 2.45) is 0 Å². The number of rotatable bonds is 6. The molecule has 112 valence electrons. The van der Waals surface area contributed by atoms with Gasteiger partial charge in [0.2, 0.25) is 5.91 Å². The number of methoxy groups -OCH3 is 1. The van der Waals surface area contributed by atoms with Gasteiger partial charge in [0.15, 0.2) is 0 Å². The van der Waals surface area contributed by atoms with Crippen LogP contribution in [0.5, 0.6) is 5.75 Å². The highest BCUT2D eigenvalue weighted by molar-refractivity contribution is 6.31. The second kappa shape index (κ2) is 7.39. The number of benzene rings is 1. The summed E-state index contributed by atoms with van der Waals surface area (Å²) in [6.45, 7) is 9.13. The zero-order valence-corrected chi connectivity index (χ0v) is 13.5. The van der Waals surface area contributed by atoms with E-state index in [1.807, 2.05) is 33.8 Å². The number of likely N-dealkylation sites (N-methyl/N-ethyl adjacent to an activating group) is 1. The van der Waals surface area contributed by atoms with Gasteiger partial charge in [-0.1, -0.05) is 11.6 Å². The second-order valence-electron chi connectivity index (χ2n) is 4.68. The van der Waals surface area contributed by atoms with E-state index in [-0.39, 0.29) is 11.9 Å². The second-order valence-corrected chi connectivity index (χ2v) is 5.09. The number of hydrogen-bond acceptors (Lipinski definition) is 3. The highest BCUT2D eigenvalue weighted by Gasteiger charge is 2.19. The van der Waals surface area contributed by atoms with Crippen molar-refractivity contribution in [2.75, 3.05) is 25.5 Å². The maximum Gasteiger partial charge on any atom is 0.244 e. The number of nitrogens with one attached hydrogen (secondary N) is 1. The topological polar surface area (TPSA) is 41.6 Å². The Morgan fingerprint density at radius 1 is 1.40 bits per heavy atom. The number of hydrogen-bond donors (Lipinski definition) is 1. The first-order chi connectivity index (χ1) is 9.44. The van der Waals surface area contributed by atoms with Crippen molar-refractivity contribution >= 4 is 23.2 Å². The summed E-state index contributed by atoms with van der Waals surface area (Å²) in [4.78, 5) is 14.1. The van der Waals surface area contributed by atoms with Crippen molar-refractivity contribution in [3.8, 4) is 5.75 Å². The van der Waals surface area contributed by atoms with Gasteiger partial charge < -0.3 is 15.0 Å². The maximum absolute atomic E-state index is 12.3. The number of aryl methyl sites for hydroxylation is 1. The Morgan fingerprint density at radius 3 is 2.50 bits per heavy atom. The first-order valence-electron chi connectivity index (χ1n) is 6.84. The molecule has 0 aliphatic heterocycles.